The van der Waals surface area contributed by atoms with Crippen LogP contribution in [0.25, 0.3) is 10.9 Å². The van der Waals surface area contributed by atoms with Crippen LogP contribution >= 0.6 is 8.46 Å². The van der Waals surface area contributed by atoms with Gasteiger partial charge in [0.05, 0.1) is 5.52 Å². The molecule has 2 aromatic rings. The summed E-state index contributed by atoms with van der Waals surface area (Å²) in [4.78, 5) is 7.95. The summed E-state index contributed by atoms with van der Waals surface area (Å²) in [6.07, 6.45) is 1.67. The molecule has 0 atom stereocenters. The van der Waals surface area contributed by atoms with Crippen molar-refractivity contribution in [2.45, 2.75) is 0 Å². The maximum absolute atomic E-state index is 10.4. The largest absolute Gasteiger partial charge is 0.266 e. The van der Waals surface area contributed by atoms with E-state index >= 15 is 0 Å². The summed E-state index contributed by atoms with van der Waals surface area (Å²) >= 11 is 0. The van der Waals surface area contributed by atoms with Crippen LogP contribution in [0.1, 0.15) is 0 Å². The van der Waals surface area contributed by atoms with Gasteiger partial charge >= 0.3 is 0 Å². The minimum Gasteiger partial charge on any atom is -0.266 e. The molecule has 0 N–H and O–H groups in total. The summed E-state index contributed by atoms with van der Waals surface area (Å²) in [5.41, 5.74) is 1.15. The van der Waals surface area contributed by atoms with Gasteiger partial charge < -0.3 is 0 Å². The number of para-hydroxylation sites is 1. The van der Waals surface area contributed by atoms with E-state index in [2.05, 4.69) is 9.97 Å². The van der Waals surface area contributed by atoms with Crippen LogP contribution in [-0.4, -0.2) is 9.97 Å². The highest BCUT2D eigenvalue weighted by molar-refractivity contribution is 7.33. The first kappa shape index (κ1) is 7.32. The van der Waals surface area contributed by atoms with Gasteiger partial charge in [-0.3, -0.25) is 4.57 Å². The molecule has 0 saturated carbocycles. The Morgan fingerprint density at radius 3 is 2.92 bits per heavy atom. The molecule has 1 aromatic carbocycles. The zero-order valence-electron chi connectivity index (χ0n) is 6.14. The van der Waals surface area contributed by atoms with Crippen molar-refractivity contribution in [1.82, 2.24) is 9.97 Å². The number of rotatable bonds is 1. The second kappa shape index (κ2) is 2.95. The molecule has 0 aliphatic carbocycles. The Hall–Kier alpha value is -1.34. The summed E-state index contributed by atoms with van der Waals surface area (Å²) < 4.78 is 10.4. The molecule has 0 saturated heterocycles. The van der Waals surface area contributed by atoms with Crippen molar-refractivity contribution in [2.24, 2.45) is 0 Å². The first-order valence-electron chi connectivity index (χ1n) is 3.45. The molecule has 0 spiro atoms. The normalized spacial score (nSPS) is 10.7. The molecule has 4 heteroatoms. The van der Waals surface area contributed by atoms with Gasteiger partial charge in [0.25, 0.3) is 0 Å². The summed E-state index contributed by atoms with van der Waals surface area (Å²) in [7, 11) is -0.134. The lowest BCUT2D eigenvalue weighted by atomic mass is 10.2. The van der Waals surface area contributed by atoms with Crippen molar-refractivity contribution in [2.75, 3.05) is 0 Å². The Labute approximate surface area is 70.7 Å². The molecule has 58 valence electrons. The first-order chi connectivity index (χ1) is 5.90. The van der Waals surface area contributed by atoms with Crippen molar-refractivity contribution in [3.63, 3.8) is 0 Å². The fourth-order valence-corrected chi connectivity index (χ4v) is 1.26. The average Bonchev–Trinajstić information content (AvgIpc) is 2.17. The molecule has 0 aliphatic rings. The highest BCUT2D eigenvalue weighted by atomic mass is 31.1. The highest BCUT2D eigenvalue weighted by Gasteiger charge is 1.96. The van der Waals surface area contributed by atoms with Gasteiger partial charge in [-0.15, -0.1) is 0 Å². The Kier molecular flexibility index (Phi) is 1.80. The van der Waals surface area contributed by atoms with Gasteiger partial charge in [0.2, 0.25) is 14.0 Å². The van der Waals surface area contributed by atoms with Crippen LogP contribution in [0.5, 0.6) is 0 Å². The van der Waals surface area contributed by atoms with Crippen LogP contribution in [-0.2, 0) is 4.57 Å². The van der Waals surface area contributed by atoms with Gasteiger partial charge in [-0.25, -0.2) is 9.97 Å². The molecule has 1 heterocycles. The zero-order valence-corrected chi connectivity index (χ0v) is 7.03. The van der Waals surface area contributed by atoms with Crippen molar-refractivity contribution in [3.8, 4) is 0 Å². The van der Waals surface area contributed by atoms with E-state index < -0.39 is 0 Å². The molecule has 0 aliphatic heterocycles. The van der Waals surface area contributed by atoms with Gasteiger partial charge in [0.1, 0.15) is 0 Å². The summed E-state index contributed by atoms with van der Waals surface area (Å²) in [5.74, 6) is 0. The first-order valence-corrected chi connectivity index (χ1v) is 4.26. The minimum absolute atomic E-state index is 0.134. The number of hydrogen-bond donors (Lipinski definition) is 0. The van der Waals surface area contributed by atoms with E-state index in [0.717, 1.165) is 10.9 Å². The SMILES string of the molecule is O=Pc1ncc2ccccc2n1. The molecular formula is C8H5N2OP. The average molecular weight is 176 g/mol. The van der Waals surface area contributed by atoms with Crippen molar-refractivity contribution in [1.29, 1.82) is 0 Å². The van der Waals surface area contributed by atoms with Crippen LogP contribution in [0.3, 0.4) is 0 Å². The van der Waals surface area contributed by atoms with E-state index in [1.54, 1.807) is 6.20 Å². The Balaban J connectivity index is 2.75. The van der Waals surface area contributed by atoms with E-state index in [0.29, 0.717) is 5.57 Å². The van der Waals surface area contributed by atoms with E-state index in [1.165, 1.54) is 0 Å². The molecule has 0 bridgehead atoms. The van der Waals surface area contributed by atoms with E-state index in [-0.39, 0.29) is 8.46 Å². The summed E-state index contributed by atoms with van der Waals surface area (Å²) in [5, 5.41) is 0.963. The van der Waals surface area contributed by atoms with Crippen LogP contribution in [0.2, 0.25) is 0 Å². The second-order valence-corrected chi connectivity index (χ2v) is 2.90. The third-order valence-corrected chi connectivity index (χ3v) is 1.94. The fourth-order valence-electron chi connectivity index (χ4n) is 1.01. The Morgan fingerprint density at radius 1 is 1.25 bits per heavy atom. The number of nitrogens with zero attached hydrogens (tertiary/aromatic N) is 2. The number of benzene rings is 1. The number of fused-ring (bicyclic) bond motifs is 1. The maximum atomic E-state index is 10.4. The second-order valence-electron chi connectivity index (χ2n) is 2.32. The van der Waals surface area contributed by atoms with Gasteiger partial charge in [-0.2, -0.15) is 0 Å². The third-order valence-electron chi connectivity index (χ3n) is 1.56. The molecule has 12 heavy (non-hydrogen) atoms. The van der Waals surface area contributed by atoms with Crippen molar-refractivity contribution >= 4 is 24.9 Å². The van der Waals surface area contributed by atoms with Crippen LogP contribution in [0.4, 0.5) is 0 Å². The summed E-state index contributed by atoms with van der Waals surface area (Å²) in [6.45, 7) is 0. The Morgan fingerprint density at radius 2 is 2.08 bits per heavy atom. The highest BCUT2D eigenvalue weighted by Crippen LogP contribution is 2.07. The van der Waals surface area contributed by atoms with Gasteiger partial charge in [-0.1, -0.05) is 18.2 Å². The van der Waals surface area contributed by atoms with E-state index in [1.807, 2.05) is 24.3 Å². The minimum atomic E-state index is -0.134. The van der Waals surface area contributed by atoms with E-state index in [4.69, 9.17) is 0 Å². The smallest absolute Gasteiger partial charge is 0.233 e. The lowest BCUT2D eigenvalue weighted by molar-refractivity contribution is 0.602. The molecule has 2 rings (SSSR count). The van der Waals surface area contributed by atoms with Crippen LogP contribution in [0.15, 0.2) is 30.5 Å². The summed E-state index contributed by atoms with van der Waals surface area (Å²) in [6, 6.07) is 7.59. The molecule has 0 radical (unpaired) electrons. The third kappa shape index (κ3) is 1.19. The molecular weight excluding hydrogens is 171 g/mol. The monoisotopic (exact) mass is 176 g/mol. The molecule has 0 unspecified atom stereocenters. The number of aromatic nitrogens is 2. The fraction of sp³-hybridized carbons (Fsp3) is 0. The Bertz CT molecular complexity index is 430. The molecule has 0 amide bonds. The van der Waals surface area contributed by atoms with Crippen LogP contribution < -0.4 is 5.57 Å². The zero-order chi connectivity index (χ0) is 8.39. The molecule has 3 nitrogen and oxygen atoms in total. The van der Waals surface area contributed by atoms with Gasteiger partial charge in [0.15, 0.2) is 0 Å². The lowest BCUT2D eigenvalue weighted by Crippen LogP contribution is -2.03. The molecule has 1 aromatic heterocycles. The number of hydrogen-bond acceptors (Lipinski definition) is 3. The molecule has 0 fully saturated rings. The van der Waals surface area contributed by atoms with Crippen molar-refractivity contribution in [3.05, 3.63) is 30.5 Å². The topological polar surface area (TPSA) is 42.9 Å². The predicted octanol–water partition coefficient (Wildman–Crippen LogP) is 1.55. The van der Waals surface area contributed by atoms with Crippen molar-refractivity contribution < 1.29 is 4.57 Å². The van der Waals surface area contributed by atoms with E-state index in [9.17, 15) is 4.57 Å². The quantitative estimate of drug-likeness (QED) is 0.619. The predicted molar refractivity (Wildman–Crippen MR) is 46.8 cm³/mol. The lowest BCUT2D eigenvalue weighted by Gasteiger charge is -1.93. The van der Waals surface area contributed by atoms with Gasteiger partial charge in [-0.05, 0) is 6.07 Å². The standard InChI is InChI=1S/C8H5N2OP/c11-12-8-9-5-6-3-1-2-4-7(6)10-8/h1-5H. The van der Waals surface area contributed by atoms with Gasteiger partial charge in [0, 0.05) is 11.6 Å². The van der Waals surface area contributed by atoms with Crippen LogP contribution in [0, 0.1) is 0 Å². The maximum Gasteiger partial charge on any atom is 0.233 e.